The second-order valence-corrected chi connectivity index (χ2v) is 12.3. The number of likely N-dealkylation sites (N-methyl/N-ethyl adjacent to an activating group) is 1. The molecule has 2 aliphatic heterocycles. The smallest absolute Gasteiger partial charge is 0.0969 e. The van der Waals surface area contributed by atoms with Gasteiger partial charge >= 0.3 is 0 Å². The van der Waals surface area contributed by atoms with Crippen molar-refractivity contribution in [2.75, 3.05) is 44.7 Å². The number of benzene rings is 1. The van der Waals surface area contributed by atoms with Gasteiger partial charge in [0.25, 0.3) is 0 Å². The highest BCUT2D eigenvalue weighted by Gasteiger charge is 2.30. The molecule has 184 valence electrons. The van der Waals surface area contributed by atoms with Crippen LogP contribution in [0.2, 0.25) is 0 Å². The monoisotopic (exact) mass is 481 g/mol. The van der Waals surface area contributed by atoms with Crippen LogP contribution in [0.15, 0.2) is 36.5 Å². The molecule has 2 aromatic rings. The highest BCUT2D eigenvalue weighted by molar-refractivity contribution is 7.83. The van der Waals surface area contributed by atoms with Gasteiger partial charge in [-0.15, -0.1) is 0 Å². The number of nitrogens with zero attached hydrogens (tertiary/aromatic N) is 4. The fourth-order valence-corrected chi connectivity index (χ4v) is 7.04. The van der Waals surface area contributed by atoms with E-state index in [9.17, 15) is 4.21 Å². The van der Waals surface area contributed by atoms with Crippen LogP contribution in [0.1, 0.15) is 55.1 Å². The number of hydrogen-bond acceptors (Lipinski definition) is 5. The molecule has 6 nitrogen and oxygen atoms in total. The maximum Gasteiger partial charge on any atom is 0.0969 e. The van der Waals surface area contributed by atoms with Gasteiger partial charge in [0.2, 0.25) is 0 Å². The first-order chi connectivity index (χ1) is 16.5. The molecule has 0 radical (unpaired) electrons. The molecule has 1 N–H and O–H groups in total. The van der Waals surface area contributed by atoms with Crippen LogP contribution >= 0.6 is 0 Å². The number of fused-ring (bicyclic) bond motifs is 2. The Labute approximate surface area is 207 Å². The van der Waals surface area contributed by atoms with E-state index in [2.05, 4.69) is 56.8 Å². The summed E-state index contributed by atoms with van der Waals surface area (Å²) in [6, 6.07) is 11.9. The average Bonchev–Trinajstić information content (AvgIpc) is 2.87. The number of rotatable bonds is 6. The third kappa shape index (κ3) is 4.94. The van der Waals surface area contributed by atoms with Crippen LogP contribution in [0.4, 0.5) is 5.69 Å². The van der Waals surface area contributed by atoms with Gasteiger partial charge in [0, 0.05) is 62.4 Å². The van der Waals surface area contributed by atoms with E-state index in [4.69, 9.17) is 4.98 Å². The molecular formula is C27H39N5OS. The Morgan fingerprint density at radius 3 is 2.74 bits per heavy atom. The normalized spacial score (nSPS) is 24.2. The van der Waals surface area contributed by atoms with E-state index in [1.807, 2.05) is 20.0 Å². The minimum absolute atomic E-state index is 0.186. The van der Waals surface area contributed by atoms with Crippen molar-refractivity contribution in [3.8, 4) is 0 Å². The van der Waals surface area contributed by atoms with Gasteiger partial charge < -0.3 is 10.2 Å². The number of aryl methyl sites for hydroxylation is 1. The minimum atomic E-state index is -0.876. The third-order valence-electron chi connectivity index (χ3n) is 7.72. The van der Waals surface area contributed by atoms with E-state index < -0.39 is 11.0 Å². The Morgan fingerprint density at radius 2 is 1.94 bits per heavy atom. The summed E-state index contributed by atoms with van der Waals surface area (Å²) in [7, 11) is 1.39. The van der Waals surface area contributed by atoms with Gasteiger partial charge in [-0.2, -0.15) is 0 Å². The second-order valence-electron chi connectivity index (χ2n) is 10.3. The lowest BCUT2D eigenvalue weighted by molar-refractivity contribution is 0.191. The van der Waals surface area contributed by atoms with Crippen LogP contribution < -0.4 is 10.2 Å². The Bertz CT molecular complexity index is 1020. The summed E-state index contributed by atoms with van der Waals surface area (Å²) in [5, 5.41) is 3.99. The zero-order valence-corrected chi connectivity index (χ0v) is 21.7. The molecule has 3 atom stereocenters. The molecule has 1 aromatic heterocycles. The molecule has 1 unspecified atom stereocenters. The summed E-state index contributed by atoms with van der Waals surface area (Å²) in [5.41, 5.74) is 7.01. The number of hydrogen-bond donors (Lipinski definition) is 1. The predicted molar refractivity (Wildman–Crippen MR) is 140 cm³/mol. The minimum Gasteiger partial charge on any atom is -0.369 e. The zero-order valence-electron chi connectivity index (χ0n) is 20.9. The Kier molecular flexibility index (Phi) is 7.35. The van der Waals surface area contributed by atoms with E-state index in [-0.39, 0.29) is 5.25 Å². The van der Waals surface area contributed by atoms with Crippen LogP contribution in [0.25, 0.3) is 0 Å². The molecule has 3 aliphatic rings. The van der Waals surface area contributed by atoms with Gasteiger partial charge in [0.15, 0.2) is 0 Å². The first kappa shape index (κ1) is 23.9. The van der Waals surface area contributed by atoms with Gasteiger partial charge in [-0.05, 0) is 75.4 Å². The van der Waals surface area contributed by atoms with Gasteiger partial charge in [0.05, 0.1) is 22.7 Å². The molecule has 0 amide bonds. The average molecular weight is 482 g/mol. The van der Waals surface area contributed by atoms with Crippen molar-refractivity contribution in [2.45, 2.75) is 63.4 Å². The summed E-state index contributed by atoms with van der Waals surface area (Å²) in [4.78, 5) is 9.80. The molecule has 1 aliphatic carbocycles. The molecule has 1 fully saturated rings. The van der Waals surface area contributed by atoms with E-state index >= 15 is 0 Å². The molecule has 34 heavy (non-hydrogen) atoms. The third-order valence-corrected chi connectivity index (χ3v) is 9.40. The highest BCUT2D eigenvalue weighted by Crippen LogP contribution is 2.33. The molecule has 3 heterocycles. The van der Waals surface area contributed by atoms with Gasteiger partial charge in [0.1, 0.15) is 0 Å². The summed E-state index contributed by atoms with van der Waals surface area (Å²) in [6.07, 6.45) is 6.59. The number of nitrogens with one attached hydrogen (secondary N) is 1. The number of pyridine rings is 1. The van der Waals surface area contributed by atoms with Gasteiger partial charge in [-0.3, -0.25) is 9.88 Å². The lowest BCUT2D eigenvalue weighted by atomic mass is 9.89. The summed E-state index contributed by atoms with van der Waals surface area (Å²) in [5.74, 6) is 0. The maximum absolute atomic E-state index is 12.5. The van der Waals surface area contributed by atoms with E-state index in [0.717, 1.165) is 52.1 Å². The molecular weight excluding hydrogens is 442 g/mol. The molecule has 5 rings (SSSR count). The molecule has 0 saturated carbocycles. The lowest BCUT2D eigenvalue weighted by Crippen LogP contribution is -2.49. The van der Waals surface area contributed by atoms with Crippen molar-refractivity contribution in [2.24, 2.45) is 0 Å². The van der Waals surface area contributed by atoms with Gasteiger partial charge in [-0.1, -0.05) is 18.2 Å². The standard InChI is InChI=1S/C27H39N5OS/c1-20(2)34(33)32-15-13-31(14-16-32)25-10-5-8-22-18-29-23(17-24(22)25)19-30(3)26-11-4-7-21-9-6-12-28-27(21)26/h5-6,8-10,12,20,23,26,29H,4,7,11,13-19H2,1-3H3/t23-,26+,34?/m1/s1. The van der Waals surface area contributed by atoms with Crippen LogP contribution in [-0.2, 0) is 30.4 Å². The number of anilines is 1. The van der Waals surface area contributed by atoms with Crippen LogP contribution in [0, 0.1) is 0 Å². The van der Waals surface area contributed by atoms with E-state index in [1.165, 1.54) is 40.9 Å². The van der Waals surface area contributed by atoms with Crippen molar-refractivity contribution < 1.29 is 4.21 Å². The SMILES string of the molecule is CC(C)S(=O)N1CCN(c2cccc3c2C[C@H](CN(C)[C@H]2CCCc4cccnc42)NC3)CC1. The van der Waals surface area contributed by atoms with Crippen molar-refractivity contribution >= 4 is 16.7 Å². The van der Waals surface area contributed by atoms with Gasteiger partial charge in [-0.25, -0.2) is 8.51 Å². The molecule has 7 heteroatoms. The number of piperazine rings is 1. The topological polar surface area (TPSA) is 51.7 Å². The fourth-order valence-electron chi connectivity index (χ4n) is 5.92. The van der Waals surface area contributed by atoms with Crippen LogP contribution in [0.5, 0.6) is 0 Å². The first-order valence-corrected chi connectivity index (χ1v) is 14.1. The van der Waals surface area contributed by atoms with E-state index in [1.54, 1.807) is 0 Å². The quantitative estimate of drug-likeness (QED) is 0.686. The van der Waals surface area contributed by atoms with Crippen LogP contribution in [0.3, 0.4) is 0 Å². The fraction of sp³-hybridized carbons (Fsp3) is 0.593. The summed E-state index contributed by atoms with van der Waals surface area (Å²) >= 11 is 0. The largest absolute Gasteiger partial charge is 0.369 e. The maximum atomic E-state index is 12.5. The van der Waals surface area contributed by atoms with Crippen molar-refractivity contribution in [1.29, 1.82) is 0 Å². The Hall–Kier alpha value is -1.80. The van der Waals surface area contributed by atoms with Crippen LogP contribution in [-0.4, -0.2) is 69.5 Å². The molecule has 1 aromatic carbocycles. The highest BCUT2D eigenvalue weighted by atomic mass is 32.2. The molecule has 0 bridgehead atoms. The summed E-state index contributed by atoms with van der Waals surface area (Å²) < 4.78 is 14.7. The van der Waals surface area contributed by atoms with E-state index in [0.29, 0.717) is 12.1 Å². The Balaban J connectivity index is 1.26. The summed E-state index contributed by atoms with van der Waals surface area (Å²) in [6.45, 7) is 9.66. The lowest BCUT2D eigenvalue weighted by Gasteiger charge is -2.39. The first-order valence-electron chi connectivity index (χ1n) is 12.9. The predicted octanol–water partition coefficient (Wildman–Crippen LogP) is 3.30. The molecule has 1 saturated heterocycles. The van der Waals surface area contributed by atoms with Crippen molar-refractivity contribution in [3.05, 3.63) is 58.9 Å². The van der Waals surface area contributed by atoms with Crippen molar-refractivity contribution in [1.82, 2.24) is 19.5 Å². The Morgan fingerprint density at radius 1 is 1.15 bits per heavy atom. The second kappa shape index (κ2) is 10.4. The zero-order chi connectivity index (χ0) is 23.7. The number of aromatic nitrogens is 1. The molecule has 0 spiro atoms. The van der Waals surface area contributed by atoms with Crippen molar-refractivity contribution in [3.63, 3.8) is 0 Å².